The zero-order valence-electron chi connectivity index (χ0n) is 13.9. The highest BCUT2D eigenvalue weighted by atomic mass is 16.1. The smallest absolute Gasteiger partial charge is 0.266 e. The lowest BCUT2D eigenvalue weighted by Crippen LogP contribution is -2.15. The molecule has 0 unspecified atom stereocenters. The quantitative estimate of drug-likeness (QED) is 0.672. The van der Waals surface area contributed by atoms with E-state index in [1.165, 1.54) is 0 Å². The Morgan fingerprint density at radius 3 is 2.26 bits per heavy atom. The van der Waals surface area contributed by atoms with E-state index in [4.69, 9.17) is 0 Å². The van der Waals surface area contributed by atoms with Crippen molar-refractivity contribution in [3.8, 4) is 6.07 Å². The van der Waals surface area contributed by atoms with Crippen molar-refractivity contribution < 1.29 is 4.79 Å². The lowest BCUT2D eigenvalue weighted by molar-refractivity contribution is -0.112. The van der Waals surface area contributed by atoms with Gasteiger partial charge in [0.2, 0.25) is 0 Å². The number of hydrogen-bond acceptors (Lipinski definition) is 2. The van der Waals surface area contributed by atoms with Crippen LogP contribution in [0.5, 0.6) is 0 Å². The van der Waals surface area contributed by atoms with Gasteiger partial charge in [-0.05, 0) is 50.5 Å². The highest BCUT2D eigenvalue weighted by molar-refractivity contribution is 6.10. The molecule has 0 saturated heterocycles. The Morgan fingerprint density at radius 1 is 1.04 bits per heavy atom. The van der Waals surface area contributed by atoms with Crippen LogP contribution in [0.3, 0.4) is 0 Å². The van der Waals surface area contributed by atoms with Crippen LogP contribution in [0.15, 0.2) is 42.0 Å². The van der Waals surface area contributed by atoms with Crippen molar-refractivity contribution in [2.45, 2.75) is 27.7 Å². The number of carbonyl (C=O) groups excluding carboxylic acids is 1. The number of anilines is 1. The first kappa shape index (κ1) is 16.5. The Bertz CT molecular complexity index is 803. The molecular weight excluding hydrogens is 284 g/mol. The van der Waals surface area contributed by atoms with E-state index in [1.807, 2.05) is 70.2 Å². The van der Waals surface area contributed by atoms with Crippen LogP contribution >= 0.6 is 0 Å². The van der Waals surface area contributed by atoms with E-state index in [0.29, 0.717) is 0 Å². The summed E-state index contributed by atoms with van der Waals surface area (Å²) in [6.45, 7) is 7.89. The van der Waals surface area contributed by atoms with Crippen LogP contribution in [-0.4, -0.2) is 5.91 Å². The Labute approximate surface area is 137 Å². The van der Waals surface area contributed by atoms with Gasteiger partial charge in [0, 0.05) is 5.69 Å². The second kappa shape index (κ2) is 6.93. The first-order valence-corrected chi connectivity index (χ1v) is 7.48. The molecule has 0 bridgehead atoms. The van der Waals surface area contributed by atoms with Crippen molar-refractivity contribution in [2.24, 2.45) is 0 Å². The third-order valence-electron chi connectivity index (χ3n) is 3.63. The van der Waals surface area contributed by atoms with Gasteiger partial charge in [0.1, 0.15) is 11.6 Å². The topological polar surface area (TPSA) is 52.9 Å². The lowest BCUT2D eigenvalue weighted by Gasteiger charge is -2.12. The first-order chi connectivity index (χ1) is 10.9. The van der Waals surface area contributed by atoms with Gasteiger partial charge in [-0.15, -0.1) is 0 Å². The van der Waals surface area contributed by atoms with Crippen LogP contribution in [0, 0.1) is 39.0 Å². The van der Waals surface area contributed by atoms with Crippen LogP contribution in [0.1, 0.15) is 27.8 Å². The fourth-order valence-electron chi connectivity index (χ4n) is 2.63. The molecule has 1 amide bonds. The molecule has 116 valence electrons. The van der Waals surface area contributed by atoms with E-state index in [1.54, 1.807) is 6.08 Å². The maximum absolute atomic E-state index is 12.4. The Hall–Kier alpha value is -2.86. The predicted octanol–water partition coefficient (Wildman–Crippen LogP) is 4.47. The van der Waals surface area contributed by atoms with Crippen molar-refractivity contribution in [2.75, 3.05) is 5.32 Å². The van der Waals surface area contributed by atoms with E-state index in [-0.39, 0.29) is 11.5 Å². The van der Waals surface area contributed by atoms with E-state index in [0.717, 1.165) is 33.5 Å². The third kappa shape index (κ3) is 4.08. The van der Waals surface area contributed by atoms with Crippen molar-refractivity contribution in [3.05, 3.63) is 69.8 Å². The van der Waals surface area contributed by atoms with Gasteiger partial charge in [-0.1, -0.05) is 47.5 Å². The molecule has 0 aliphatic heterocycles. The number of rotatable bonds is 3. The van der Waals surface area contributed by atoms with E-state index < -0.39 is 0 Å². The van der Waals surface area contributed by atoms with Gasteiger partial charge in [0.05, 0.1) is 0 Å². The summed E-state index contributed by atoms with van der Waals surface area (Å²) in [5.74, 6) is -0.385. The second-order valence-corrected chi connectivity index (χ2v) is 5.81. The fraction of sp³-hybridized carbons (Fsp3) is 0.200. The molecule has 0 spiro atoms. The molecule has 2 aromatic rings. The molecule has 0 radical (unpaired) electrons. The summed E-state index contributed by atoms with van der Waals surface area (Å²) in [5, 5.41) is 12.2. The number of aryl methyl sites for hydroxylation is 4. The summed E-state index contributed by atoms with van der Waals surface area (Å²) >= 11 is 0. The molecule has 0 aromatic heterocycles. The van der Waals surface area contributed by atoms with E-state index in [9.17, 15) is 10.1 Å². The molecule has 1 N–H and O–H groups in total. The number of carbonyl (C=O) groups is 1. The summed E-state index contributed by atoms with van der Waals surface area (Å²) in [5.41, 5.74) is 5.91. The SMILES string of the molecule is Cc1cccc(/C=C(\C#N)C(=O)Nc2c(C)cc(C)cc2C)c1. The maximum atomic E-state index is 12.4. The first-order valence-electron chi connectivity index (χ1n) is 7.48. The minimum Gasteiger partial charge on any atom is -0.321 e. The molecule has 0 aliphatic rings. The number of nitrogens with zero attached hydrogens (tertiary/aromatic N) is 1. The Kier molecular flexibility index (Phi) is 4.98. The van der Waals surface area contributed by atoms with E-state index in [2.05, 4.69) is 5.32 Å². The lowest BCUT2D eigenvalue weighted by atomic mass is 10.0. The van der Waals surface area contributed by atoms with Gasteiger partial charge in [-0.25, -0.2) is 0 Å². The van der Waals surface area contributed by atoms with E-state index >= 15 is 0 Å². The molecule has 0 heterocycles. The van der Waals surface area contributed by atoms with Crippen molar-refractivity contribution in [3.63, 3.8) is 0 Å². The van der Waals surface area contributed by atoms with Crippen molar-refractivity contribution in [1.29, 1.82) is 5.26 Å². The van der Waals surface area contributed by atoms with Crippen LogP contribution in [-0.2, 0) is 4.79 Å². The molecule has 0 saturated carbocycles. The summed E-state index contributed by atoms with van der Waals surface area (Å²) in [4.78, 5) is 12.4. The molecule has 0 atom stereocenters. The summed E-state index contributed by atoms with van der Waals surface area (Å²) < 4.78 is 0. The number of nitrogens with one attached hydrogen (secondary N) is 1. The second-order valence-electron chi connectivity index (χ2n) is 5.81. The standard InChI is InChI=1S/C20H20N2O/c1-13-6-5-7-17(10-13)11-18(12-21)20(23)22-19-15(3)8-14(2)9-16(19)4/h5-11H,1-4H3,(H,22,23)/b18-11+. The normalized spacial score (nSPS) is 11.0. The number of amides is 1. The van der Waals surface area contributed by atoms with Gasteiger partial charge >= 0.3 is 0 Å². The predicted molar refractivity (Wildman–Crippen MR) is 94.1 cm³/mol. The van der Waals surface area contributed by atoms with Crippen molar-refractivity contribution >= 4 is 17.7 Å². The van der Waals surface area contributed by atoms with Gasteiger partial charge in [0.25, 0.3) is 5.91 Å². The Morgan fingerprint density at radius 2 is 1.70 bits per heavy atom. The van der Waals surface area contributed by atoms with Crippen LogP contribution < -0.4 is 5.32 Å². The van der Waals surface area contributed by atoms with Crippen molar-refractivity contribution in [1.82, 2.24) is 0 Å². The zero-order valence-corrected chi connectivity index (χ0v) is 13.9. The van der Waals surface area contributed by atoms with Crippen LogP contribution in [0.4, 0.5) is 5.69 Å². The molecule has 0 fully saturated rings. The molecule has 0 aliphatic carbocycles. The van der Waals surface area contributed by atoms with Gasteiger partial charge in [-0.2, -0.15) is 5.26 Å². The molecular formula is C20H20N2O. The van der Waals surface area contributed by atoms with Gasteiger partial charge in [-0.3, -0.25) is 4.79 Å². The number of nitriles is 1. The molecule has 23 heavy (non-hydrogen) atoms. The zero-order chi connectivity index (χ0) is 17.0. The monoisotopic (exact) mass is 304 g/mol. The van der Waals surface area contributed by atoms with Crippen LogP contribution in [0.2, 0.25) is 0 Å². The van der Waals surface area contributed by atoms with Crippen LogP contribution in [0.25, 0.3) is 6.08 Å². The minimum absolute atomic E-state index is 0.0926. The third-order valence-corrected chi connectivity index (χ3v) is 3.63. The minimum atomic E-state index is -0.385. The fourth-order valence-corrected chi connectivity index (χ4v) is 2.63. The van der Waals surface area contributed by atoms with Gasteiger partial charge in [0.15, 0.2) is 0 Å². The van der Waals surface area contributed by atoms with Gasteiger partial charge < -0.3 is 5.32 Å². The molecule has 2 aromatic carbocycles. The summed E-state index contributed by atoms with van der Waals surface area (Å²) in [6, 6.07) is 13.7. The maximum Gasteiger partial charge on any atom is 0.266 e. The molecule has 3 nitrogen and oxygen atoms in total. The number of benzene rings is 2. The highest BCUT2D eigenvalue weighted by Crippen LogP contribution is 2.22. The molecule has 3 heteroatoms. The summed E-state index contributed by atoms with van der Waals surface area (Å²) in [7, 11) is 0. The number of hydrogen-bond donors (Lipinski definition) is 1. The largest absolute Gasteiger partial charge is 0.321 e. The summed E-state index contributed by atoms with van der Waals surface area (Å²) in [6.07, 6.45) is 1.61. The average molecular weight is 304 g/mol. The highest BCUT2D eigenvalue weighted by Gasteiger charge is 2.12. The average Bonchev–Trinajstić information content (AvgIpc) is 2.48. The Balaban J connectivity index is 2.30. The molecule has 2 rings (SSSR count).